The SMILES string of the molecule is CON=C(C(=O)O)c1ccccc1CSC(=Nc1ccc(Cl)cc1)SC. The van der Waals surface area contributed by atoms with Gasteiger partial charge in [0.1, 0.15) is 11.5 Å². The average Bonchev–Trinajstić information content (AvgIpc) is 2.65. The Kier molecular flexibility index (Phi) is 8.03. The summed E-state index contributed by atoms with van der Waals surface area (Å²) in [5.41, 5.74) is 2.06. The molecule has 1 N–H and O–H groups in total. The van der Waals surface area contributed by atoms with Crippen LogP contribution in [0.4, 0.5) is 5.69 Å². The number of carboxylic acids is 1. The van der Waals surface area contributed by atoms with Crippen LogP contribution in [0, 0.1) is 0 Å². The van der Waals surface area contributed by atoms with E-state index in [4.69, 9.17) is 11.6 Å². The van der Waals surface area contributed by atoms with Crippen LogP contribution >= 0.6 is 35.1 Å². The molecule has 0 radical (unpaired) electrons. The predicted molar refractivity (Wildman–Crippen MR) is 111 cm³/mol. The van der Waals surface area contributed by atoms with E-state index in [1.54, 1.807) is 24.3 Å². The van der Waals surface area contributed by atoms with Gasteiger partial charge in [-0.05, 0) is 36.1 Å². The number of rotatable bonds is 6. The molecule has 0 heterocycles. The first kappa shape index (κ1) is 20.4. The van der Waals surface area contributed by atoms with E-state index in [0.717, 1.165) is 15.6 Å². The molecule has 0 aliphatic heterocycles. The molecule has 0 aliphatic carbocycles. The number of benzene rings is 2. The van der Waals surface area contributed by atoms with Crippen molar-refractivity contribution in [3.63, 3.8) is 0 Å². The Labute approximate surface area is 165 Å². The van der Waals surface area contributed by atoms with Crippen molar-refractivity contribution in [3.05, 3.63) is 64.7 Å². The van der Waals surface area contributed by atoms with Gasteiger partial charge >= 0.3 is 5.97 Å². The smallest absolute Gasteiger partial charge is 0.358 e. The second-order valence-electron chi connectivity index (χ2n) is 4.93. The second kappa shape index (κ2) is 10.3. The van der Waals surface area contributed by atoms with Crippen molar-refractivity contribution in [1.82, 2.24) is 0 Å². The maximum Gasteiger partial charge on any atom is 0.358 e. The van der Waals surface area contributed by atoms with Gasteiger partial charge < -0.3 is 9.94 Å². The maximum atomic E-state index is 11.4. The van der Waals surface area contributed by atoms with E-state index in [1.165, 1.54) is 30.6 Å². The van der Waals surface area contributed by atoms with Gasteiger partial charge in [-0.15, -0.1) is 11.8 Å². The molecule has 0 aliphatic rings. The molecule has 0 spiro atoms. The van der Waals surface area contributed by atoms with E-state index in [2.05, 4.69) is 15.0 Å². The lowest BCUT2D eigenvalue weighted by molar-refractivity contribution is -0.129. The molecular formula is C18H17ClN2O3S2. The van der Waals surface area contributed by atoms with E-state index < -0.39 is 5.97 Å². The molecular weight excluding hydrogens is 392 g/mol. The number of thioether (sulfide) groups is 2. The minimum atomic E-state index is -1.13. The normalized spacial score (nSPS) is 12.1. The largest absolute Gasteiger partial charge is 0.476 e. The quantitative estimate of drug-likeness (QED) is 0.411. The first-order valence-corrected chi connectivity index (χ1v) is 10.1. The molecule has 0 bridgehead atoms. The highest BCUT2D eigenvalue weighted by Crippen LogP contribution is 2.26. The van der Waals surface area contributed by atoms with Crippen LogP contribution in [-0.4, -0.2) is 34.5 Å². The minimum Gasteiger partial charge on any atom is -0.476 e. The first-order chi connectivity index (χ1) is 12.5. The summed E-state index contributed by atoms with van der Waals surface area (Å²) in [7, 11) is 1.32. The topological polar surface area (TPSA) is 71.2 Å². The molecule has 2 rings (SSSR count). The summed E-state index contributed by atoms with van der Waals surface area (Å²) in [5.74, 6) is -0.580. The number of carboxylic acid groups (broad SMARTS) is 1. The fourth-order valence-electron chi connectivity index (χ4n) is 2.07. The van der Waals surface area contributed by atoms with E-state index >= 15 is 0 Å². The summed E-state index contributed by atoms with van der Waals surface area (Å²) in [6, 6.07) is 14.5. The van der Waals surface area contributed by atoms with Crippen molar-refractivity contribution in [2.24, 2.45) is 10.1 Å². The zero-order valence-electron chi connectivity index (χ0n) is 14.2. The van der Waals surface area contributed by atoms with Crippen LogP contribution in [-0.2, 0) is 15.4 Å². The third-order valence-electron chi connectivity index (χ3n) is 3.23. The number of oxime groups is 1. The van der Waals surface area contributed by atoms with Gasteiger partial charge in [-0.1, -0.05) is 52.8 Å². The highest BCUT2D eigenvalue weighted by molar-refractivity contribution is 8.38. The Morgan fingerprint density at radius 2 is 1.88 bits per heavy atom. The molecule has 0 saturated heterocycles. The molecule has 136 valence electrons. The predicted octanol–water partition coefficient (Wildman–Crippen LogP) is 5.06. The number of aliphatic imine (C=N–C) groups is 1. The summed E-state index contributed by atoms with van der Waals surface area (Å²) in [6.45, 7) is 0. The van der Waals surface area contributed by atoms with Gasteiger partial charge in [-0.3, -0.25) is 0 Å². The number of aliphatic carboxylic acids is 1. The fourth-order valence-corrected chi connectivity index (χ4v) is 3.74. The molecule has 0 unspecified atom stereocenters. The van der Waals surface area contributed by atoms with E-state index in [9.17, 15) is 9.90 Å². The summed E-state index contributed by atoms with van der Waals surface area (Å²) < 4.78 is 0.864. The molecule has 5 nitrogen and oxygen atoms in total. The van der Waals surface area contributed by atoms with Crippen molar-refractivity contribution in [2.45, 2.75) is 5.75 Å². The molecule has 26 heavy (non-hydrogen) atoms. The van der Waals surface area contributed by atoms with Gasteiger partial charge in [-0.2, -0.15) is 0 Å². The zero-order valence-corrected chi connectivity index (χ0v) is 16.6. The molecule has 0 atom stereocenters. The lowest BCUT2D eigenvalue weighted by Crippen LogP contribution is -2.16. The van der Waals surface area contributed by atoms with Gasteiger partial charge in [0.05, 0.1) is 5.69 Å². The summed E-state index contributed by atoms with van der Waals surface area (Å²) in [5, 5.41) is 13.7. The Morgan fingerprint density at radius 3 is 2.50 bits per heavy atom. The molecule has 2 aromatic carbocycles. The first-order valence-electron chi connectivity index (χ1n) is 7.49. The molecule has 2 aromatic rings. The van der Waals surface area contributed by atoms with E-state index in [1.807, 2.05) is 30.5 Å². The Bertz CT molecular complexity index is 823. The molecule has 0 aromatic heterocycles. The van der Waals surface area contributed by atoms with E-state index in [-0.39, 0.29) is 5.71 Å². The van der Waals surface area contributed by atoms with Crippen molar-refractivity contribution < 1.29 is 14.7 Å². The van der Waals surface area contributed by atoms with Crippen LogP contribution in [0.25, 0.3) is 0 Å². The van der Waals surface area contributed by atoms with Crippen LogP contribution in [0.2, 0.25) is 5.02 Å². The Morgan fingerprint density at radius 1 is 1.19 bits per heavy atom. The highest BCUT2D eigenvalue weighted by atomic mass is 35.5. The lowest BCUT2D eigenvalue weighted by Gasteiger charge is -2.09. The average molecular weight is 409 g/mol. The van der Waals surface area contributed by atoms with E-state index in [0.29, 0.717) is 16.3 Å². The van der Waals surface area contributed by atoms with Crippen LogP contribution in [0.15, 0.2) is 58.7 Å². The third-order valence-corrected chi connectivity index (χ3v) is 5.57. The third kappa shape index (κ3) is 5.79. The van der Waals surface area contributed by atoms with Crippen LogP contribution in [0.5, 0.6) is 0 Å². The van der Waals surface area contributed by atoms with Gasteiger partial charge in [0.2, 0.25) is 0 Å². The monoisotopic (exact) mass is 408 g/mol. The molecule has 8 heteroatoms. The van der Waals surface area contributed by atoms with Gasteiger partial charge in [0.15, 0.2) is 5.71 Å². The van der Waals surface area contributed by atoms with Crippen LogP contribution < -0.4 is 0 Å². The van der Waals surface area contributed by atoms with Crippen LogP contribution in [0.1, 0.15) is 11.1 Å². The molecule has 0 fully saturated rings. The van der Waals surface area contributed by atoms with Crippen molar-refractivity contribution in [1.29, 1.82) is 0 Å². The van der Waals surface area contributed by atoms with Crippen molar-refractivity contribution in [2.75, 3.05) is 13.4 Å². The Balaban J connectivity index is 2.21. The number of nitrogens with zero attached hydrogens (tertiary/aromatic N) is 2. The zero-order chi connectivity index (χ0) is 18.9. The van der Waals surface area contributed by atoms with Crippen molar-refractivity contribution >= 4 is 56.9 Å². The molecule has 0 amide bonds. The van der Waals surface area contributed by atoms with Gasteiger partial charge in [0.25, 0.3) is 0 Å². The number of halogens is 1. The molecule has 0 saturated carbocycles. The summed E-state index contributed by atoms with van der Waals surface area (Å²) in [6.07, 6.45) is 1.95. The second-order valence-corrected chi connectivity index (χ2v) is 7.39. The van der Waals surface area contributed by atoms with Crippen molar-refractivity contribution in [3.8, 4) is 0 Å². The maximum absolute atomic E-state index is 11.4. The number of hydrogen-bond acceptors (Lipinski definition) is 6. The van der Waals surface area contributed by atoms with Gasteiger partial charge in [-0.25, -0.2) is 9.79 Å². The number of hydrogen-bond donors (Lipinski definition) is 1. The fraction of sp³-hybridized carbons (Fsp3) is 0.167. The minimum absolute atomic E-state index is 0.121. The number of carbonyl (C=O) groups is 1. The highest BCUT2D eigenvalue weighted by Gasteiger charge is 2.17. The van der Waals surface area contributed by atoms with Crippen LogP contribution in [0.3, 0.4) is 0 Å². The summed E-state index contributed by atoms with van der Waals surface area (Å²) in [4.78, 5) is 20.7. The lowest BCUT2D eigenvalue weighted by atomic mass is 10.0. The summed E-state index contributed by atoms with van der Waals surface area (Å²) >= 11 is 8.95. The Hall–Kier alpha value is -1.96. The van der Waals surface area contributed by atoms with Gasteiger partial charge in [0, 0.05) is 16.3 Å². The standard InChI is InChI=1S/C18H17ClN2O3S2/c1-24-21-16(17(22)23)15-6-4-3-5-12(15)11-26-18(25-2)20-14-9-7-13(19)8-10-14/h3-10H,11H2,1-2H3,(H,22,23).